The number of nitrogens with zero attached hydrogens (tertiary/aromatic N) is 3. The molecule has 0 bridgehead atoms. The lowest BCUT2D eigenvalue weighted by Gasteiger charge is -2.09. The van der Waals surface area contributed by atoms with Gasteiger partial charge in [0, 0.05) is 12.6 Å². The lowest BCUT2D eigenvalue weighted by molar-refractivity contribution is 0.111. The zero-order valence-electron chi connectivity index (χ0n) is 10.9. The lowest BCUT2D eigenvalue weighted by Crippen LogP contribution is -2.08. The smallest absolute Gasteiger partial charge is 0.231 e. The third kappa shape index (κ3) is 2.18. The molecule has 7 heteroatoms. The summed E-state index contributed by atoms with van der Waals surface area (Å²) in [5, 5.41) is 4.06. The van der Waals surface area contributed by atoms with Crippen LogP contribution < -0.4 is 14.2 Å². The highest BCUT2D eigenvalue weighted by Gasteiger charge is 2.18. The fourth-order valence-corrected chi connectivity index (χ4v) is 1.96. The maximum atomic E-state index is 11.1. The Morgan fingerprint density at radius 2 is 2.20 bits per heavy atom. The van der Waals surface area contributed by atoms with Gasteiger partial charge in [-0.2, -0.15) is 5.10 Å². The molecule has 2 heterocycles. The van der Waals surface area contributed by atoms with Gasteiger partial charge in [0.05, 0.1) is 5.56 Å². The van der Waals surface area contributed by atoms with Gasteiger partial charge < -0.3 is 14.2 Å². The lowest BCUT2D eigenvalue weighted by atomic mass is 10.2. The molecule has 0 spiro atoms. The van der Waals surface area contributed by atoms with Crippen molar-refractivity contribution in [1.82, 2.24) is 14.8 Å². The molecular weight excluding hydrogens is 262 g/mol. The van der Waals surface area contributed by atoms with Crippen molar-refractivity contribution in [1.29, 1.82) is 0 Å². The number of aryl methyl sites for hydroxylation is 1. The number of carbonyl (C=O) groups is 1. The van der Waals surface area contributed by atoms with Crippen molar-refractivity contribution in [2.45, 2.75) is 20.1 Å². The van der Waals surface area contributed by atoms with Gasteiger partial charge in [-0.3, -0.25) is 4.79 Å². The van der Waals surface area contributed by atoms with Crippen LogP contribution in [-0.2, 0) is 13.2 Å². The fraction of sp³-hybridized carbons (Fsp3) is 0.308. The number of aromatic nitrogens is 3. The third-order valence-corrected chi connectivity index (χ3v) is 2.98. The fourth-order valence-electron chi connectivity index (χ4n) is 1.96. The second-order valence-corrected chi connectivity index (χ2v) is 4.14. The Morgan fingerprint density at radius 1 is 1.40 bits per heavy atom. The topological polar surface area (TPSA) is 75.5 Å². The first-order valence-corrected chi connectivity index (χ1v) is 6.20. The van der Waals surface area contributed by atoms with Crippen LogP contribution in [0.1, 0.15) is 23.1 Å². The first-order chi connectivity index (χ1) is 9.81. The summed E-state index contributed by atoms with van der Waals surface area (Å²) in [6.07, 6.45) is 2.20. The standard InChI is InChI=1S/C13H13N3O4/c1-2-16-13(14-7-15-16)6-18-10-4-12-11(19-8-20-12)3-9(10)5-17/h3-5,7H,2,6,8H2,1H3. The molecule has 0 saturated carbocycles. The molecule has 2 aromatic rings. The average Bonchev–Trinajstić information content (AvgIpc) is 3.11. The molecule has 0 N–H and O–H groups in total. The Bertz CT molecular complexity index is 639. The molecule has 1 aliphatic rings. The average molecular weight is 275 g/mol. The monoisotopic (exact) mass is 275 g/mol. The van der Waals surface area contributed by atoms with Crippen molar-refractivity contribution in [3.8, 4) is 17.2 Å². The van der Waals surface area contributed by atoms with Crippen LogP contribution in [0.3, 0.4) is 0 Å². The van der Waals surface area contributed by atoms with Crippen LogP contribution in [0.5, 0.6) is 17.2 Å². The predicted octanol–water partition coefficient (Wildman–Crippen LogP) is 1.42. The number of benzene rings is 1. The highest BCUT2D eigenvalue weighted by molar-refractivity contribution is 5.81. The molecule has 104 valence electrons. The van der Waals surface area contributed by atoms with E-state index in [1.54, 1.807) is 16.8 Å². The quantitative estimate of drug-likeness (QED) is 0.768. The van der Waals surface area contributed by atoms with Gasteiger partial charge in [0.1, 0.15) is 18.7 Å². The molecule has 0 saturated heterocycles. The van der Waals surface area contributed by atoms with Gasteiger partial charge in [-0.25, -0.2) is 9.67 Å². The molecule has 1 aromatic heterocycles. The maximum absolute atomic E-state index is 11.1. The molecular formula is C13H13N3O4. The van der Waals surface area contributed by atoms with Crippen LogP contribution in [0, 0.1) is 0 Å². The van der Waals surface area contributed by atoms with E-state index in [-0.39, 0.29) is 13.4 Å². The number of carbonyl (C=O) groups excluding carboxylic acids is 1. The van der Waals surface area contributed by atoms with E-state index in [1.165, 1.54) is 6.33 Å². The van der Waals surface area contributed by atoms with Crippen LogP contribution in [0.15, 0.2) is 18.5 Å². The van der Waals surface area contributed by atoms with E-state index in [9.17, 15) is 4.79 Å². The summed E-state index contributed by atoms with van der Waals surface area (Å²) >= 11 is 0. The van der Waals surface area contributed by atoms with Crippen LogP contribution in [0.25, 0.3) is 0 Å². The van der Waals surface area contributed by atoms with Gasteiger partial charge in [-0.1, -0.05) is 0 Å². The largest absolute Gasteiger partial charge is 0.485 e. The van der Waals surface area contributed by atoms with E-state index < -0.39 is 0 Å². The van der Waals surface area contributed by atoms with Crippen LogP contribution in [-0.4, -0.2) is 27.8 Å². The number of rotatable bonds is 5. The molecule has 0 fully saturated rings. The first-order valence-electron chi connectivity index (χ1n) is 6.20. The van der Waals surface area contributed by atoms with E-state index in [4.69, 9.17) is 14.2 Å². The van der Waals surface area contributed by atoms with Gasteiger partial charge in [-0.05, 0) is 13.0 Å². The second kappa shape index (κ2) is 5.20. The Kier molecular flexibility index (Phi) is 3.24. The first kappa shape index (κ1) is 12.5. The summed E-state index contributed by atoms with van der Waals surface area (Å²) in [6, 6.07) is 3.26. The van der Waals surface area contributed by atoms with Crippen LogP contribution in [0.2, 0.25) is 0 Å². The Labute approximate surface area is 115 Å². The number of hydrogen-bond acceptors (Lipinski definition) is 6. The van der Waals surface area contributed by atoms with Crippen molar-refractivity contribution in [3.63, 3.8) is 0 Å². The van der Waals surface area contributed by atoms with E-state index in [1.807, 2.05) is 6.92 Å². The summed E-state index contributed by atoms with van der Waals surface area (Å²) in [7, 11) is 0. The third-order valence-electron chi connectivity index (χ3n) is 2.98. The zero-order valence-corrected chi connectivity index (χ0v) is 10.9. The molecule has 0 unspecified atom stereocenters. The summed E-state index contributed by atoms with van der Waals surface area (Å²) in [4.78, 5) is 15.2. The molecule has 1 aliphatic heterocycles. The summed E-state index contributed by atoms with van der Waals surface area (Å²) < 4.78 is 17.9. The molecule has 0 radical (unpaired) electrons. The van der Waals surface area contributed by atoms with E-state index >= 15 is 0 Å². The van der Waals surface area contributed by atoms with Crippen molar-refractivity contribution < 1.29 is 19.0 Å². The summed E-state index contributed by atoms with van der Waals surface area (Å²) in [5.41, 5.74) is 0.414. The normalized spacial score (nSPS) is 12.4. The Balaban J connectivity index is 1.82. The minimum absolute atomic E-state index is 0.154. The highest BCUT2D eigenvalue weighted by Crippen LogP contribution is 2.37. The van der Waals surface area contributed by atoms with E-state index in [0.717, 1.165) is 6.29 Å². The van der Waals surface area contributed by atoms with Crippen LogP contribution >= 0.6 is 0 Å². The number of aldehydes is 1. The van der Waals surface area contributed by atoms with Crippen molar-refractivity contribution in [2.75, 3.05) is 6.79 Å². The molecule has 1 aromatic carbocycles. The molecule has 0 atom stereocenters. The second-order valence-electron chi connectivity index (χ2n) is 4.14. The predicted molar refractivity (Wildman–Crippen MR) is 68.0 cm³/mol. The Morgan fingerprint density at radius 3 is 2.95 bits per heavy atom. The molecule has 7 nitrogen and oxygen atoms in total. The molecule has 0 amide bonds. The van der Waals surface area contributed by atoms with Crippen molar-refractivity contribution in [2.24, 2.45) is 0 Å². The van der Waals surface area contributed by atoms with Crippen molar-refractivity contribution in [3.05, 3.63) is 29.8 Å². The zero-order chi connectivity index (χ0) is 13.9. The van der Waals surface area contributed by atoms with E-state index in [0.29, 0.717) is 35.2 Å². The SMILES string of the molecule is CCn1ncnc1COc1cc2c(cc1C=O)OCO2. The molecule has 0 aliphatic carbocycles. The summed E-state index contributed by atoms with van der Waals surface area (Å²) in [6.45, 7) is 3.06. The van der Waals surface area contributed by atoms with Gasteiger partial charge in [0.25, 0.3) is 0 Å². The van der Waals surface area contributed by atoms with Gasteiger partial charge in [0.2, 0.25) is 6.79 Å². The van der Waals surface area contributed by atoms with Gasteiger partial charge in [0.15, 0.2) is 23.6 Å². The number of fused-ring (bicyclic) bond motifs is 1. The maximum Gasteiger partial charge on any atom is 0.231 e. The minimum atomic E-state index is 0.154. The molecule has 20 heavy (non-hydrogen) atoms. The van der Waals surface area contributed by atoms with Crippen LogP contribution in [0.4, 0.5) is 0 Å². The summed E-state index contributed by atoms with van der Waals surface area (Å²) in [5.74, 6) is 2.26. The van der Waals surface area contributed by atoms with Gasteiger partial charge in [-0.15, -0.1) is 0 Å². The highest BCUT2D eigenvalue weighted by atomic mass is 16.7. The van der Waals surface area contributed by atoms with Gasteiger partial charge >= 0.3 is 0 Å². The number of ether oxygens (including phenoxy) is 3. The Hall–Kier alpha value is -2.57. The molecule has 3 rings (SSSR count). The minimum Gasteiger partial charge on any atom is -0.485 e. The number of hydrogen-bond donors (Lipinski definition) is 0. The van der Waals surface area contributed by atoms with Crippen molar-refractivity contribution >= 4 is 6.29 Å². The van der Waals surface area contributed by atoms with E-state index in [2.05, 4.69) is 10.1 Å².